The number of rotatable bonds is 6. The third-order valence-corrected chi connectivity index (χ3v) is 3.63. The van der Waals surface area contributed by atoms with Crippen LogP contribution in [0.4, 0.5) is 0 Å². The van der Waals surface area contributed by atoms with Crippen LogP contribution in [-0.4, -0.2) is 14.2 Å². The Bertz CT molecular complexity index is 596. The Morgan fingerprint density at radius 1 is 1.05 bits per heavy atom. The lowest BCUT2D eigenvalue weighted by atomic mass is 10.1. The highest BCUT2D eigenvalue weighted by Crippen LogP contribution is 2.22. The molecular formula is C18H23NO2. The van der Waals surface area contributed by atoms with Crippen molar-refractivity contribution in [2.24, 2.45) is 0 Å². The molecule has 0 heterocycles. The van der Waals surface area contributed by atoms with Gasteiger partial charge in [0.2, 0.25) is 0 Å². The number of hydrogen-bond donors (Lipinski definition) is 1. The van der Waals surface area contributed by atoms with E-state index < -0.39 is 0 Å². The zero-order valence-corrected chi connectivity index (χ0v) is 13.1. The van der Waals surface area contributed by atoms with Crippen LogP contribution in [0.15, 0.2) is 42.5 Å². The molecule has 0 amide bonds. The molecule has 0 aliphatic carbocycles. The molecular weight excluding hydrogens is 262 g/mol. The molecule has 3 heteroatoms. The summed E-state index contributed by atoms with van der Waals surface area (Å²) in [6.45, 7) is 5.01. The Kier molecular flexibility index (Phi) is 5.23. The summed E-state index contributed by atoms with van der Waals surface area (Å²) in [5.41, 5.74) is 3.62. The minimum atomic E-state index is 0.241. The second-order valence-corrected chi connectivity index (χ2v) is 5.19. The van der Waals surface area contributed by atoms with Crippen molar-refractivity contribution in [3.63, 3.8) is 0 Å². The van der Waals surface area contributed by atoms with Crippen LogP contribution < -0.4 is 14.8 Å². The summed E-state index contributed by atoms with van der Waals surface area (Å²) in [6.07, 6.45) is 0. The highest BCUT2D eigenvalue weighted by atomic mass is 16.5. The third-order valence-electron chi connectivity index (χ3n) is 3.63. The average Bonchev–Trinajstić information content (AvgIpc) is 2.52. The first-order valence-electron chi connectivity index (χ1n) is 7.15. The highest BCUT2D eigenvalue weighted by Gasteiger charge is 2.08. The van der Waals surface area contributed by atoms with Gasteiger partial charge in [-0.15, -0.1) is 0 Å². The summed E-state index contributed by atoms with van der Waals surface area (Å²) in [7, 11) is 3.40. The summed E-state index contributed by atoms with van der Waals surface area (Å²) in [4.78, 5) is 0. The molecule has 0 radical (unpaired) electrons. The zero-order valence-electron chi connectivity index (χ0n) is 13.1. The van der Waals surface area contributed by atoms with E-state index in [1.807, 2.05) is 18.2 Å². The van der Waals surface area contributed by atoms with Gasteiger partial charge in [-0.05, 0) is 37.6 Å². The summed E-state index contributed by atoms with van der Waals surface area (Å²) in [6, 6.07) is 14.6. The van der Waals surface area contributed by atoms with E-state index in [0.717, 1.165) is 18.0 Å². The van der Waals surface area contributed by atoms with Crippen molar-refractivity contribution in [3.8, 4) is 11.5 Å². The average molecular weight is 285 g/mol. The van der Waals surface area contributed by atoms with E-state index >= 15 is 0 Å². The Balaban J connectivity index is 2.06. The molecule has 0 aliphatic rings. The normalized spacial score (nSPS) is 12.0. The van der Waals surface area contributed by atoms with Crippen LogP contribution in [0.2, 0.25) is 0 Å². The Morgan fingerprint density at radius 2 is 1.86 bits per heavy atom. The Labute approximate surface area is 126 Å². The van der Waals surface area contributed by atoms with Gasteiger partial charge in [-0.25, -0.2) is 0 Å². The molecule has 0 aliphatic heterocycles. The van der Waals surface area contributed by atoms with Crippen LogP contribution in [0.1, 0.15) is 29.7 Å². The van der Waals surface area contributed by atoms with Gasteiger partial charge in [0.15, 0.2) is 0 Å². The third kappa shape index (κ3) is 3.99. The molecule has 2 rings (SSSR count). The van der Waals surface area contributed by atoms with Crippen LogP contribution >= 0.6 is 0 Å². The number of benzene rings is 2. The van der Waals surface area contributed by atoms with Crippen molar-refractivity contribution >= 4 is 0 Å². The smallest absolute Gasteiger partial charge is 0.123 e. The summed E-state index contributed by atoms with van der Waals surface area (Å²) < 4.78 is 10.7. The fraction of sp³-hybridized carbons (Fsp3) is 0.333. The fourth-order valence-electron chi connectivity index (χ4n) is 2.34. The van der Waals surface area contributed by atoms with E-state index in [-0.39, 0.29) is 6.04 Å². The van der Waals surface area contributed by atoms with Crippen LogP contribution in [0.25, 0.3) is 0 Å². The molecule has 2 aromatic carbocycles. The number of nitrogens with one attached hydrogen (secondary N) is 1. The van der Waals surface area contributed by atoms with Gasteiger partial charge >= 0.3 is 0 Å². The molecule has 112 valence electrons. The van der Waals surface area contributed by atoms with Crippen molar-refractivity contribution in [1.29, 1.82) is 0 Å². The number of ether oxygens (including phenoxy) is 2. The predicted octanol–water partition coefficient (Wildman–Crippen LogP) is 3.86. The molecule has 0 saturated carbocycles. The zero-order chi connectivity index (χ0) is 15.2. The van der Waals surface area contributed by atoms with E-state index in [4.69, 9.17) is 9.47 Å². The summed E-state index contributed by atoms with van der Waals surface area (Å²) >= 11 is 0. The van der Waals surface area contributed by atoms with Crippen molar-refractivity contribution in [3.05, 3.63) is 59.2 Å². The van der Waals surface area contributed by atoms with E-state index in [0.29, 0.717) is 0 Å². The van der Waals surface area contributed by atoms with Gasteiger partial charge in [-0.1, -0.05) is 29.8 Å². The topological polar surface area (TPSA) is 30.5 Å². The summed E-state index contributed by atoms with van der Waals surface area (Å²) in [5.74, 6) is 1.81. The molecule has 0 spiro atoms. The molecule has 21 heavy (non-hydrogen) atoms. The van der Waals surface area contributed by atoms with Gasteiger partial charge in [0, 0.05) is 18.2 Å². The van der Waals surface area contributed by atoms with Gasteiger partial charge < -0.3 is 14.8 Å². The minimum Gasteiger partial charge on any atom is -0.497 e. The quantitative estimate of drug-likeness (QED) is 0.874. The molecule has 0 aromatic heterocycles. The maximum Gasteiger partial charge on any atom is 0.123 e. The first-order valence-corrected chi connectivity index (χ1v) is 7.15. The standard InChI is InChI=1S/C18H23NO2/c1-13-8-9-18(21-4)16(10-13)12-19-14(2)15-6-5-7-17(11-15)20-3/h5-11,14,19H,12H2,1-4H3. The van der Waals surface area contributed by atoms with E-state index in [1.165, 1.54) is 16.7 Å². The molecule has 0 fully saturated rings. The highest BCUT2D eigenvalue weighted by molar-refractivity contribution is 5.37. The second-order valence-electron chi connectivity index (χ2n) is 5.19. The fourth-order valence-corrected chi connectivity index (χ4v) is 2.34. The minimum absolute atomic E-state index is 0.241. The molecule has 0 saturated heterocycles. The lowest BCUT2D eigenvalue weighted by molar-refractivity contribution is 0.405. The Hall–Kier alpha value is -2.00. The molecule has 1 atom stereocenters. The maximum absolute atomic E-state index is 5.41. The van der Waals surface area contributed by atoms with Crippen LogP contribution in [-0.2, 0) is 6.54 Å². The lowest BCUT2D eigenvalue weighted by Crippen LogP contribution is -2.18. The second kappa shape index (κ2) is 7.14. The lowest BCUT2D eigenvalue weighted by Gasteiger charge is -2.17. The van der Waals surface area contributed by atoms with Gasteiger partial charge in [-0.3, -0.25) is 0 Å². The first-order chi connectivity index (χ1) is 10.1. The molecule has 1 unspecified atom stereocenters. The molecule has 2 aromatic rings. The monoisotopic (exact) mass is 285 g/mol. The van der Waals surface area contributed by atoms with Crippen LogP contribution in [0.5, 0.6) is 11.5 Å². The van der Waals surface area contributed by atoms with Gasteiger partial charge in [0.1, 0.15) is 11.5 Å². The van der Waals surface area contributed by atoms with Crippen LogP contribution in [0.3, 0.4) is 0 Å². The van der Waals surface area contributed by atoms with Crippen molar-refractivity contribution in [1.82, 2.24) is 5.32 Å². The van der Waals surface area contributed by atoms with E-state index in [9.17, 15) is 0 Å². The number of aryl methyl sites for hydroxylation is 1. The number of methoxy groups -OCH3 is 2. The maximum atomic E-state index is 5.41. The van der Waals surface area contributed by atoms with Gasteiger partial charge in [-0.2, -0.15) is 0 Å². The SMILES string of the molecule is COc1cccc(C(C)NCc2cc(C)ccc2OC)c1. The van der Waals surface area contributed by atoms with Crippen molar-refractivity contribution in [2.45, 2.75) is 26.4 Å². The van der Waals surface area contributed by atoms with E-state index in [1.54, 1.807) is 14.2 Å². The predicted molar refractivity (Wildman–Crippen MR) is 86.0 cm³/mol. The van der Waals surface area contributed by atoms with Gasteiger partial charge in [0.05, 0.1) is 14.2 Å². The summed E-state index contributed by atoms with van der Waals surface area (Å²) in [5, 5.41) is 3.53. The van der Waals surface area contributed by atoms with Crippen molar-refractivity contribution in [2.75, 3.05) is 14.2 Å². The molecule has 1 N–H and O–H groups in total. The first kappa shape index (κ1) is 15.4. The van der Waals surface area contributed by atoms with Gasteiger partial charge in [0.25, 0.3) is 0 Å². The van der Waals surface area contributed by atoms with Crippen LogP contribution in [0, 0.1) is 6.92 Å². The molecule has 3 nitrogen and oxygen atoms in total. The Morgan fingerprint density at radius 3 is 2.57 bits per heavy atom. The molecule has 0 bridgehead atoms. The largest absolute Gasteiger partial charge is 0.497 e. The van der Waals surface area contributed by atoms with E-state index in [2.05, 4.69) is 43.4 Å². The number of hydrogen-bond acceptors (Lipinski definition) is 3. The van der Waals surface area contributed by atoms with Crippen molar-refractivity contribution < 1.29 is 9.47 Å².